The number of aliphatic hydroxyl groups is 3. The summed E-state index contributed by atoms with van der Waals surface area (Å²) in [6, 6.07) is 0. The minimum atomic E-state index is -1.17. The number of nitrogens with zero attached hydrogens (tertiary/aromatic N) is 3. The van der Waals surface area contributed by atoms with Crippen molar-refractivity contribution in [3.8, 4) is 0 Å². The molecule has 19 heavy (non-hydrogen) atoms. The van der Waals surface area contributed by atoms with Crippen LogP contribution in [0.5, 0.6) is 0 Å². The van der Waals surface area contributed by atoms with E-state index in [0.29, 0.717) is 21.7 Å². The molecule has 0 aliphatic carbocycles. The van der Waals surface area contributed by atoms with Crippen LogP contribution in [0, 0.1) is 0 Å². The standard InChI is InChI=1S/C10H12N4O4S/c11-10-9-5(12-2-13-10)4(14-19-9)8-7(17)6(16)3(1-15)18-8/h2-3,6-8,15-17H,1H2,(H2,11,12,13)/t3-,6-,7-,8?/m1/s1. The molecule has 1 fully saturated rings. The van der Waals surface area contributed by atoms with Crippen molar-refractivity contribution in [3.63, 3.8) is 0 Å². The van der Waals surface area contributed by atoms with Crippen LogP contribution in [0.4, 0.5) is 5.82 Å². The molecule has 102 valence electrons. The third-order valence-electron chi connectivity index (χ3n) is 3.12. The van der Waals surface area contributed by atoms with Crippen LogP contribution in [-0.2, 0) is 4.74 Å². The van der Waals surface area contributed by atoms with Gasteiger partial charge in [0.05, 0.1) is 6.61 Å². The average Bonchev–Trinajstić information content (AvgIpc) is 2.94. The second kappa shape index (κ2) is 4.62. The van der Waals surface area contributed by atoms with E-state index >= 15 is 0 Å². The molecule has 1 aliphatic rings. The van der Waals surface area contributed by atoms with Crippen LogP contribution >= 0.6 is 11.5 Å². The van der Waals surface area contributed by atoms with Gasteiger partial charge < -0.3 is 25.8 Å². The van der Waals surface area contributed by atoms with Crippen molar-refractivity contribution in [3.05, 3.63) is 12.0 Å². The van der Waals surface area contributed by atoms with E-state index in [4.69, 9.17) is 15.6 Å². The number of aromatic nitrogens is 3. The summed E-state index contributed by atoms with van der Waals surface area (Å²) in [5.41, 5.74) is 6.60. The SMILES string of the molecule is Nc1ncnc2c(C3O[C@H](CO)[C@@H](O)[C@H]3O)nsc12. The number of hydrogen-bond acceptors (Lipinski definition) is 9. The Kier molecular flexibility index (Phi) is 3.07. The first-order valence-corrected chi connectivity index (χ1v) is 6.39. The van der Waals surface area contributed by atoms with E-state index in [1.165, 1.54) is 6.33 Å². The number of nitrogens with two attached hydrogens (primary N) is 1. The van der Waals surface area contributed by atoms with Gasteiger partial charge in [-0.15, -0.1) is 0 Å². The predicted molar refractivity (Wildman–Crippen MR) is 66.3 cm³/mol. The van der Waals surface area contributed by atoms with E-state index in [-0.39, 0.29) is 6.61 Å². The Labute approximate surface area is 111 Å². The van der Waals surface area contributed by atoms with E-state index < -0.39 is 24.4 Å². The minimum Gasteiger partial charge on any atom is -0.394 e. The van der Waals surface area contributed by atoms with E-state index in [1.54, 1.807) is 0 Å². The molecule has 0 aromatic carbocycles. The normalized spacial score (nSPS) is 31.1. The maximum Gasteiger partial charge on any atom is 0.146 e. The Morgan fingerprint density at radius 2 is 2.11 bits per heavy atom. The lowest BCUT2D eigenvalue weighted by Crippen LogP contribution is -2.32. The number of fused-ring (bicyclic) bond motifs is 1. The van der Waals surface area contributed by atoms with Gasteiger partial charge in [-0.2, -0.15) is 4.37 Å². The van der Waals surface area contributed by atoms with Crippen molar-refractivity contribution in [1.82, 2.24) is 14.3 Å². The second-order valence-corrected chi connectivity index (χ2v) is 5.04. The summed E-state index contributed by atoms with van der Waals surface area (Å²) < 4.78 is 10.2. The van der Waals surface area contributed by atoms with Gasteiger partial charge in [-0.25, -0.2) is 9.97 Å². The quantitative estimate of drug-likeness (QED) is 0.541. The third-order valence-corrected chi connectivity index (χ3v) is 3.99. The zero-order chi connectivity index (χ0) is 13.6. The fraction of sp³-hybridized carbons (Fsp3) is 0.500. The zero-order valence-corrected chi connectivity index (χ0v) is 10.5. The van der Waals surface area contributed by atoms with Gasteiger partial charge in [0.1, 0.15) is 52.5 Å². The second-order valence-electron chi connectivity index (χ2n) is 4.26. The molecule has 0 bridgehead atoms. The van der Waals surface area contributed by atoms with E-state index in [2.05, 4.69) is 14.3 Å². The molecule has 1 unspecified atom stereocenters. The van der Waals surface area contributed by atoms with Crippen molar-refractivity contribution in [2.75, 3.05) is 12.3 Å². The minimum absolute atomic E-state index is 0.306. The molecule has 0 amide bonds. The monoisotopic (exact) mass is 284 g/mol. The first-order chi connectivity index (χ1) is 9.13. The first kappa shape index (κ1) is 12.6. The Hall–Kier alpha value is -1.39. The van der Waals surface area contributed by atoms with Gasteiger partial charge in [0, 0.05) is 0 Å². The van der Waals surface area contributed by atoms with Crippen LogP contribution in [-0.4, -0.2) is 54.6 Å². The topological polar surface area (TPSA) is 135 Å². The number of hydrogen-bond donors (Lipinski definition) is 4. The molecule has 0 spiro atoms. The highest BCUT2D eigenvalue weighted by molar-refractivity contribution is 7.14. The lowest BCUT2D eigenvalue weighted by molar-refractivity contribution is -0.0233. The van der Waals surface area contributed by atoms with Gasteiger partial charge >= 0.3 is 0 Å². The fourth-order valence-corrected chi connectivity index (χ4v) is 2.88. The van der Waals surface area contributed by atoms with Gasteiger partial charge in [0.25, 0.3) is 0 Å². The van der Waals surface area contributed by atoms with Gasteiger partial charge in [0.2, 0.25) is 0 Å². The van der Waals surface area contributed by atoms with Crippen molar-refractivity contribution in [1.29, 1.82) is 0 Å². The van der Waals surface area contributed by atoms with Gasteiger partial charge in [-0.05, 0) is 11.5 Å². The summed E-state index contributed by atoms with van der Waals surface area (Å²) in [6.45, 7) is -0.381. The zero-order valence-electron chi connectivity index (χ0n) is 9.67. The smallest absolute Gasteiger partial charge is 0.146 e. The summed E-state index contributed by atoms with van der Waals surface area (Å²) in [6.07, 6.45) is -2.70. The number of nitrogen functional groups attached to an aromatic ring is 1. The van der Waals surface area contributed by atoms with Crippen LogP contribution < -0.4 is 5.73 Å². The van der Waals surface area contributed by atoms with Crippen LogP contribution in [0.1, 0.15) is 11.8 Å². The molecule has 2 aromatic rings. The number of ether oxygens (including phenoxy) is 1. The Morgan fingerprint density at radius 3 is 2.79 bits per heavy atom. The van der Waals surface area contributed by atoms with Crippen LogP contribution in [0.25, 0.3) is 10.2 Å². The molecule has 2 aromatic heterocycles. The summed E-state index contributed by atoms with van der Waals surface area (Å²) >= 11 is 1.10. The third kappa shape index (κ3) is 1.86. The molecule has 1 aliphatic heterocycles. The molecule has 3 rings (SSSR count). The molecule has 5 N–H and O–H groups in total. The molecule has 0 saturated carbocycles. The van der Waals surface area contributed by atoms with Gasteiger partial charge in [-0.3, -0.25) is 0 Å². The highest BCUT2D eigenvalue weighted by atomic mass is 32.1. The van der Waals surface area contributed by atoms with E-state index in [1.807, 2.05) is 0 Å². The Bertz CT molecular complexity index is 606. The number of aliphatic hydroxyl groups excluding tert-OH is 3. The fourth-order valence-electron chi connectivity index (χ4n) is 2.11. The lowest BCUT2D eigenvalue weighted by atomic mass is 10.1. The summed E-state index contributed by atoms with van der Waals surface area (Å²) in [7, 11) is 0. The average molecular weight is 284 g/mol. The Balaban J connectivity index is 2.04. The van der Waals surface area contributed by atoms with E-state index in [0.717, 1.165) is 11.5 Å². The molecule has 1 saturated heterocycles. The highest BCUT2D eigenvalue weighted by Crippen LogP contribution is 2.37. The Morgan fingerprint density at radius 1 is 1.32 bits per heavy atom. The maximum absolute atomic E-state index is 9.96. The summed E-state index contributed by atoms with van der Waals surface area (Å²) in [4.78, 5) is 7.94. The largest absolute Gasteiger partial charge is 0.394 e. The summed E-state index contributed by atoms with van der Waals surface area (Å²) in [5, 5.41) is 28.8. The lowest BCUT2D eigenvalue weighted by Gasteiger charge is -2.12. The maximum atomic E-state index is 9.96. The van der Waals surface area contributed by atoms with Crippen molar-refractivity contribution in [2.45, 2.75) is 24.4 Å². The van der Waals surface area contributed by atoms with Crippen molar-refractivity contribution < 1.29 is 20.1 Å². The van der Waals surface area contributed by atoms with Crippen LogP contribution in [0.3, 0.4) is 0 Å². The summed E-state index contributed by atoms with van der Waals surface area (Å²) in [5.74, 6) is 0.306. The molecular weight excluding hydrogens is 272 g/mol. The molecule has 8 nitrogen and oxygen atoms in total. The highest BCUT2D eigenvalue weighted by Gasteiger charge is 2.45. The molecule has 0 radical (unpaired) electrons. The number of rotatable bonds is 2. The molecule has 9 heteroatoms. The van der Waals surface area contributed by atoms with Gasteiger partial charge in [0.15, 0.2) is 0 Å². The van der Waals surface area contributed by atoms with Crippen molar-refractivity contribution in [2.24, 2.45) is 0 Å². The van der Waals surface area contributed by atoms with E-state index in [9.17, 15) is 10.2 Å². The van der Waals surface area contributed by atoms with Crippen molar-refractivity contribution >= 4 is 27.6 Å². The van der Waals surface area contributed by atoms with Crippen LogP contribution in [0.2, 0.25) is 0 Å². The number of anilines is 1. The predicted octanol–water partition coefficient (Wildman–Crippen LogP) is -1.18. The molecular formula is C10H12N4O4S. The molecule has 3 heterocycles. The first-order valence-electron chi connectivity index (χ1n) is 5.61. The van der Waals surface area contributed by atoms with Gasteiger partial charge in [-0.1, -0.05) is 0 Å². The molecule has 4 atom stereocenters. The van der Waals surface area contributed by atoms with Crippen LogP contribution in [0.15, 0.2) is 6.33 Å².